The average molecular weight is 620 g/mol. The molecule has 0 bridgehead atoms. The maximum Gasteiger partial charge on any atom is 0.243 e. The highest BCUT2D eigenvalue weighted by Gasteiger charge is 2.34. The normalized spacial score (nSPS) is 17.9. The van der Waals surface area contributed by atoms with E-state index in [2.05, 4.69) is 16.6 Å². The molecular weight excluding hydrogens is 566 g/mol. The Morgan fingerprint density at radius 2 is 1.70 bits per heavy atom. The highest BCUT2D eigenvalue weighted by atomic mass is 32.2. The summed E-state index contributed by atoms with van der Waals surface area (Å²) in [5, 5.41) is 27.4. The first kappa shape index (κ1) is 36.7. The Hall–Kier alpha value is -2.45. The van der Waals surface area contributed by atoms with E-state index in [0.29, 0.717) is 25.3 Å². The lowest BCUT2D eigenvalue weighted by Gasteiger charge is -2.33. The average Bonchev–Trinajstić information content (AvgIpc) is 2.95. The Labute approximate surface area is 259 Å². The molecule has 0 aromatic heterocycles. The second kappa shape index (κ2) is 18.4. The lowest BCUT2D eigenvalue weighted by Crippen LogP contribution is -2.56. The number of aliphatic hydroxyl groups is 2. The molecular formula is C33H53N3O6S. The summed E-state index contributed by atoms with van der Waals surface area (Å²) < 4.78 is 25.9. The van der Waals surface area contributed by atoms with Crippen molar-refractivity contribution < 1.29 is 28.2 Å². The Morgan fingerprint density at radius 1 is 1.05 bits per heavy atom. The molecule has 9 nitrogen and oxygen atoms in total. The van der Waals surface area contributed by atoms with Gasteiger partial charge in [-0.1, -0.05) is 76.3 Å². The minimum Gasteiger partial charge on any atom is -0.390 e. The molecule has 1 aliphatic carbocycles. The molecule has 1 fully saturated rings. The summed E-state index contributed by atoms with van der Waals surface area (Å²) in [5.74, 6) is 0.388. The smallest absolute Gasteiger partial charge is 0.243 e. The summed E-state index contributed by atoms with van der Waals surface area (Å²) in [6.07, 6.45) is 9.69. The van der Waals surface area contributed by atoms with Crippen LogP contribution in [0.25, 0.3) is 0 Å². The number of terminal acetylenes is 1. The summed E-state index contributed by atoms with van der Waals surface area (Å²) in [6.45, 7) is 4.24. The van der Waals surface area contributed by atoms with Crippen LogP contribution in [0.5, 0.6) is 0 Å². The minimum absolute atomic E-state index is 0.0910. The Kier molecular flexibility index (Phi) is 15.7. The van der Waals surface area contributed by atoms with Crippen LogP contribution in [0.4, 0.5) is 0 Å². The number of hydrogen-bond acceptors (Lipinski definition) is 7. The fraction of sp³-hybridized carbons (Fsp3) is 0.697. The molecule has 5 atom stereocenters. The van der Waals surface area contributed by atoms with Gasteiger partial charge in [0, 0.05) is 13.0 Å². The van der Waals surface area contributed by atoms with E-state index in [1.165, 1.54) is 0 Å². The van der Waals surface area contributed by atoms with Crippen molar-refractivity contribution in [3.8, 4) is 12.3 Å². The maximum atomic E-state index is 13.6. The Bertz CT molecular complexity index is 1130. The van der Waals surface area contributed by atoms with Crippen LogP contribution in [0.2, 0.25) is 0 Å². The van der Waals surface area contributed by atoms with Crippen LogP contribution in [-0.4, -0.2) is 91.8 Å². The third-order valence-electron chi connectivity index (χ3n) is 8.11. The van der Waals surface area contributed by atoms with E-state index >= 15 is 0 Å². The number of hydrogen-bond donors (Lipinski definition) is 4. The van der Waals surface area contributed by atoms with Crippen molar-refractivity contribution in [1.82, 2.24) is 15.5 Å². The van der Waals surface area contributed by atoms with E-state index in [1.807, 2.05) is 44.2 Å². The van der Waals surface area contributed by atoms with E-state index in [-0.39, 0.29) is 30.3 Å². The van der Waals surface area contributed by atoms with Crippen molar-refractivity contribution in [2.45, 2.75) is 95.9 Å². The molecule has 5 unspecified atom stereocenters. The van der Waals surface area contributed by atoms with Gasteiger partial charge in [0.1, 0.15) is 12.1 Å². The van der Waals surface area contributed by atoms with Gasteiger partial charge in [-0.05, 0) is 50.8 Å². The highest BCUT2D eigenvalue weighted by molar-refractivity contribution is 7.91. The molecule has 1 aliphatic rings. The summed E-state index contributed by atoms with van der Waals surface area (Å²) in [5.41, 5.74) is 0.804. The fourth-order valence-electron chi connectivity index (χ4n) is 5.69. The Balaban J connectivity index is 2.24. The van der Waals surface area contributed by atoms with Gasteiger partial charge >= 0.3 is 0 Å². The lowest BCUT2D eigenvalue weighted by atomic mass is 9.82. The number of nitrogens with zero attached hydrogens (tertiary/aromatic N) is 1. The molecule has 0 aliphatic heterocycles. The molecule has 43 heavy (non-hydrogen) atoms. The van der Waals surface area contributed by atoms with Gasteiger partial charge in [0.05, 0.1) is 29.6 Å². The van der Waals surface area contributed by atoms with Crippen LogP contribution >= 0.6 is 0 Å². The molecule has 0 heterocycles. The quantitative estimate of drug-likeness (QED) is 0.186. The number of sulfone groups is 1. The van der Waals surface area contributed by atoms with Crippen LogP contribution in [0.15, 0.2) is 30.3 Å². The molecule has 4 N–H and O–H groups in total. The van der Waals surface area contributed by atoms with Crippen molar-refractivity contribution in [3.05, 3.63) is 35.9 Å². The monoisotopic (exact) mass is 619 g/mol. The van der Waals surface area contributed by atoms with Gasteiger partial charge in [-0.25, -0.2) is 8.42 Å². The molecule has 0 spiro atoms. The first-order chi connectivity index (χ1) is 20.3. The predicted molar refractivity (Wildman–Crippen MR) is 171 cm³/mol. The van der Waals surface area contributed by atoms with E-state index in [0.717, 1.165) is 37.7 Å². The summed E-state index contributed by atoms with van der Waals surface area (Å²) in [6, 6.07) is 7.32. The van der Waals surface area contributed by atoms with Crippen LogP contribution in [-0.2, 0) is 25.8 Å². The minimum atomic E-state index is -3.58. The van der Waals surface area contributed by atoms with Gasteiger partial charge in [0.25, 0.3) is 0 Å². The molecule has 0 radical (unpaired) electrons. The molecule has 1 saturated carbocycles. The van der Waals surface area contributed by atoms with Gasteiger partial charge in [0.2, 0.25) is 11.8 Å². The lowest BCUT2D eigenvalue weighted by molar-refractivity contribution is -0.132. The van der Waals surface area contributed by atoms with Crippen molar-refractivity contribution in [2.24, 2.45) is 17.8 Å². The van der Waals surface area contributed by atoms with Gasteiger partial charge < -0.3 is 25.7 Å². The highest BCUT2D eigenvalue weighted by Crippen LogP contribution is 2.29. The van der Waals surface area contributed by atoms with E-state index < -0.39 is 51.9 Å². The van der Waals surface area contributed by atoms with Crippen LogP contribution in [0.3, 0.4) is 0 Å². The van der Waals surface area contributed by atoms with E-state index in [1.54, 1.807) is 19.0 Å². The SMILES string of the molecule is C#CCC(NC(=O)C(Cc1ccccc1)CS(=O)(=O)CCN(C)C)C(=O)NC(CC1CCCCC1)C(O)C(O)CC(C)C. The van der Waals surface area contributed by atoms with Crippen LogP contribution in [0, 0.1) is 30.1 Å². The molecule has 1 aromatic carbocycles. The standard InChI is InChI=1S/C33H53N3O6S/c1-6-13-28(33(40)35-29(22-26-16-11-8-12-17-26)31(38)30(37)20-24(2)3)34-32(39)27(21-25-14-9-7-10-15-25)23-43(41,42)19-18-36(4)5/h1,7,9-10,14-15,24,26-31,37-38H,8,11-13,16-23H2,2-5H3,(H,34,39)(H,35,40). The van der Waals surface area contributed by atoms with Gasteiger partial charge in [0.15, 0.2) is 9.84 Å². The number of aliphatic hydroxyl groups excluding tert-OH is 2. The number of amides is 2. The first-order valence-electron chi connectivity index (χ1n) is 15.6. The molecule has 2 rings (SSSR count). The molecule has 10 heteroatoms. The number of benzene rings is 1. The molecule has 242 valence electrons. The topological polar surface area (TPSA) is 136 Å². The zero-order valence-electron chi connectivity index (χ0n) is 26.4. The van der Waals surface area contributed by atoms with E-state index in [4.69, 9.17) is 6.42 Å². The second-order valence-corrected chi connectivity index (χ2v) is 15.0. The van der Waals surface area contributed by atoms with E-state index in [9.17, 15) is 28.2 Å². The van der Waals surface area contributed by atoms with Crippen LogP contribution < -0.4 is 10.6 Å². The van der Waals surface area contributed by atoms with Crippen molar-refractivity contribution in [1.29, 1.82) is 0 Å². The number of carbonyl (C=O) groups excluding carboxylic acids is 2. The zero-order valence-corrected chi connectivity index (χ0v) is 27.2. The predicted octanol–water partition coefficient (Wildman–Crippen LogP) is 2.55. The number of rotatable bonds is 18. The molecule has 2 amide bonds. The summed E-state index contributed by atoms with van der Waals surface area (Å²) >= 11 is 0. The molecule has 0 saturated heterocycles. The van der Waals surface area contributed by atoms with Gasteiger partial charge in [-0.15, -0.1) is 12.3 Å². The zero-order chi connectivity index (χ0) is 32.0. The first-order valence-corrected chi connectivity index (χ1v) is 17.4. The number of carbonyl (C=O) groups is 2. The number of nitrogens with one attached hydrogen (secondary N) is 2. The third kappa shape index (κ3) is 13.8. The molecule has 1 aromatic rings. The van der Waals surface area contributed by atoms with Gasteiger partial charge in [-0.3, -0.25) is 9.59 Å². The largest absolute Gasteiger partial charge is 0.390 e. The third-order valence-corrected chi connectivity index (χ3v) is 9.83. The summed E-state index contributed by atoms with van der Waals surface area (Å²) in [7, 11) is -0.0103. The summed E-state index contributed by atoms with van der Waals surface area (Å²) in [4.78, 5) is 28.9. The van der Waals surface area contributed by atoms with Crippen LogP contribution in [0.1, 0.15) is 70.8 Å². The van der Waals surface area contributed by atoms with Crippen molar-refractivity contribution >= 4 is 21.7 Å². The van der Waals surface area contributed by atoms with Crippen molar-refractivity contribution in [3.63, 3.8) is 0 Å². The van der Waals surface area contributed by atoms with Crippen molar-refractivity contribution in [2.75, 3.05) is 32.1 Å². The fourth-order valence-corrected chi connectivity index (χ4v) is 7.39. The van der Waals surface area contributed by atoms with Gasteiger partial charge in [-0.2, -0.15) is 0 Å². The Morgan fingerprint density at radius 3 is 2.28 bits per heavy atom. The second-order valence-electron chi connectivity index (χ2n) is 12.8. The maximum absolute atomic E-state index is 13.6.